The van der Waals surface area contributed by atoms with Gasteiger partial charge in [0.2, 0.25) is 5.91 Å². The van der Waals surface area contributed by atoms with Gasteiger partial charge in [-0.1, -0.05) is 0 Å². The summed E-state index contributed by atoms with van der Waals surface area (Å²) >= 11 is 0. The lowest BCUT2D eigenvalue weighted by atomic mass is 10.1. The zero-order chi connectivity index (χ0) is 21.3. The minimum atomic E-state index is -0.0522. The number of hydrogen-bond donors (Lipinski definition) is 2. The van der Waals surface area contributed by atoms with Crippen LogP contribution in [0.3, 0.4) is 0 Å². The van der Waals surface area contributed by atoms with Crippen LogP contribution < -0.4 is 5.32 Å². The number of hydrogen-bond acceptors (Lipinski definition) is 5. The van der Waals surface area contributed by atoms with E-state index in [-0.39, 0.29) is 23.9 Å². The monoisotopic (exact) mass is 406 g/mol. The molecule has 1 aliphatic heterocycles. The third-order valence-electron chi connectivity index (χ3n) is 5.79. The van der Waals surface area contributed by atoms with Gasteiger partial charge in [0.25, 0.3) is 5.91 Å². The smallest absolute Gasteiger partial charge is 0.255 e. The van der Waals surface area contributed by atoms with E-state index >= 15 is 0 Å². The molecule has 4 rings (SSSR count). The van der Waals surface area contributed by atoms with Gasteiger partial charge in [-0.3, -0.25) is 9.59 Å². The Morgan fingerprint density at radius 3 is 2.83 bits per heavy atom. The largest absolute Gasteiger partial charge is 0.363 e. The number of amides is 2. The summed E-state index contributed by atoms with van der Waals surface area (Å²) in [5.41, 5.74) is 2.47. The van der Waals surface area contributed by atoms with E-state index in [4.69, 9.17) is 0 Å². The molecule has 0 aromatic carbocycles. The molecular formula is C22H26N6O2. The van der Waals surface area contributed by atoms with Crippen LogP contribution in [-0.4, -0.2) is 62.7 Å². The first-order valence-electron chi connectivity index (χ1n) is 10.1. The number of nitrogens with zero attached hydrogens (tertiary/aromatic N) is 4. The molecule has 2 N–H and O–H groups in total. The van der Waals surface area contributed by atoms with Crippen LogP contribution in [0.1, 0.15) is 42.2 Å². The molecule has 1 aliphatic rings. The van der Waals surface area contributed by atoms with Crippen molar-refractivity contribution in [2.75, 3.05) is 25.5 Å². The van der Waals surface area contributed by atoms with Gasteiger partial charge in [0.05, 0.1) is 17.6 Å². The normalized spacial score (nSPS) is 17.2. The van der Waals surface area contributed by atoms with Gasteiger partial charge in [-0.15, -0.1) is 0 Å². The number of likely N-dealkylation sites (tertiary alicyclic amines) is 1. The first-order chi connectivity index (χ1) is 14.4. The Labute approximate surface area is 175 Å². The number of H-pyrrole nitrogens is 1. The Kier molecular flexibility index (Phi) is 5.39. The second-order valence-corrected chi connectivity index (χ2v) is 7.81. The van der Waals surface area contributed by atoms with Crippen LogP contribution >= 0.6 is 0 Å². The van der Waals surface area contributed by atoms with Gasteiger partial charge in [0.15, 0.2) is 0 Å². The van der Waals surface area contributed by atoms with Crippen molar-refractivity contribution in [3.05, 3.63) is 54.0 Å². The van der Waals surface area contributed by atoms with E-state index in [0.717, 1.165) is 23.0 Å². The van der Waals surface area contributed by atoms with Crippen molar-refractivity contribution in [3.8, 4) is 0 Å². The van der Waals surface area contributed by atoms with E-state index in [1.807, 2.05) is 31.5 Å². The summed E-state index contributed by atoms with van der Waals surface area (Å²) in [5, 5.41) is 4.42. The lowest BCUT2D eigenvalue weighted by Crippen LogP contribution is -2.38. The molecular weight excluding hydrogens is 380 g/mol. The molecule has 30 heavy (non-hydrogen) atoms. The predicted molar refractivity (Wildman–Crippen MR) is 115 cm³/mol. The van der Waals surface area contributed by atoms with E-state index in [0.29, 0.717) is 24.5 Å². The number of likely N-dealkylation sites (N-methyl/N-ethyl adjacent to an activating group) is 1. The summed E-state index contributed by atoms with van der Waals surface area (Å²) in [6.07, 6.45) is 6.12. The zero-order valence-electron chi connectivity index (χ0n) is 17.4. The summed E-state index contributed by atoms with van der Waals surface area (Å²) in [4.78, 5) is 39.8. The Bertz CT molecular complexity index is 1060. The highest BCUT2D eigenvalue weighted by molar-refractivity contribution is 5.94. The van der Waals surface area contributed by atoms with Crippen LogP contribution in [0.15, 0.2) is 42.9 Å². The van der Waals surface area contributed by atoms with Gasteiger partial charge < -0.3 is 20.1 Å². The van der Waals surface area contributed by atoms with Crippen molar-refractivity contribution in [1.29, 1.82) is 0 Å². The number of anilines is 1. The molecule has 156 valence electrons. The van der Waals surface area contributed by atoms with Crippen molar-refractivity contribution in [2.45, 2.75) is 32.4 Å². The fourth-order valence-electron chi connectivity index (χ4n) is 3.79. The SMILES string of the molecule is CC(=O)N(C)[C@H]1CCN(C(=O)c2ccc(N[C@@H](C)c3cnc4[nH]ccc4c3)nc2)C1. The molecule has 0 aliphatic carbocycles. The van der Waals surface area contributed by atoms with E-state index in [9.17, 15) is 9.59 Å². The maximum Gasteiger partial charge on any atom is 0.255 e. The van der Waals surface area contributed by atoms with E-state index < -0.39 is 0 Å². The molecule has 3 aromatic heterocycles. The summed E-state index contributed by atoms with van der Waals surface area (Å²) in [6, 6.07) is 7.80. The zero-order valence-corrected chi connectivity index (χ0v) is 17.4. The molecule has 3 aromatic rings. The second kappa shape index (κ2) is 8.14. The van der Waals surface area contributed by atoms with Gasteiger partial charge in [0.1, 0.15) is 11.5 Å². The molecule has 0 radical (unpaired) electrons. The summed E-state index contributed by atoms with van der Waals surface area (Å²) in [7, 11) is 1.79. The fourth-order valence-corrected chi connectivity index (χ4v) is 3.79. The Balaban J connectivity index is 1.39. The van der Waals surface area contributed by atoms with Crippen molar-refractivity contribution in [1.82, 2.24) is 24.8 Å². The van der Waals surface area contributed by atoms with Crippen LogP contribution in [0, 0.1) is 0 Å². The fraction of sp³-hybridized carbons (Fsp3) is 0.364. The molecule has 1 saturated heterocycles. The lowest BCUT2D eigenvalue weighted by Gasteiger charge is -2.23. The predicted octanol–water partition coefficient (Wildman–Crippen LogP) is 2.82. The number of carbonyl (C=O) groups is 2. The third-order valence-corrected chi connectivity index (χ3v) is 5.79. The second-order valence-electron chi connectivity index (χ2n) is 7.81. The molecule has 4 heterocycles. The minimum Gasteiger partial charge on any atom is -0.363 e. The van der Waals surface area contributed by atoms with Crippen LogP contribution in [0.2, 0.25) is 0 Å². The quantitative estimate of drug-likeness (QED) is 0.680. The van der Waals surface area contributed by atoms with Gasteiger partial charge in [0, 0.05) is 51.0 Å². The average Bonchev–Trinajstić information content (AvgIpc) is 3.42. The number of aromatic amines is 1. The Morgan fingerprint density at radius 1 is 1.27 bits per heavy atom. The van der Waals surface area contributed by atoms with Gasteiger partial charge in [-0.05, 0) is 43.2 Å². The van der Waals surface area contributed by atoms with Crippen LogP contribution in [0.25, 0.3) is 11.0 Å². The topological polar surface area (TPSA) is 94.2 Å². The van der Waals surface area contributed by atoms with Crippen molar-refractivity contribution >= 4 is 28.7 Å². The van der Waals surface area contributed by atoms with Crippen LogP contribution in [0.4, 0.5) is 5.82 Å². The van der Waals surface area contributed by atoms with E-state index in [1.54, 1.807) is 36.0 Å². The van der Waals surface area contributed by atoms with E-state index in [1.165, 1.54) is 0 Å². The molecule has 8 nitrogen and oxygen atoms in total. The molecule has 0 bridgehead atoms. The molecule has 0 saturated carbocycles. The van der Waals surface area contributed by atoms with Gasteiger partial charge in [-0.2, -0.15) is 0 Å². The maximum atomic E-state index is 12.8. The van der Waals surface area contributed by atoms with Crippen LogP contribution in [-0.2, 0) is 4.79 Å². The Hall–Kier alpha value is -3.42. The molecule has 0 unspecified atom stereocenters. The van der Waals surface area contributed by atoms with Crippen molar-refractivity contribution < 1.29 is 9.59 Å². The van der Waals surface area contributed by atoms with E-state index in [2.05, 4.69) is 26.3 Å². The third kappa shape index (κ3) is 3.98. The van der Waals surface area contributed by atoms with Crippen molar-refractivity contribution in [3.63, 3.8) is 0 Å². The number of rotatable bonds is 5. The number of fused-ring (bicyclic) bond motifs is 1. The Morgan fingerprint density at radius 2 is 2.10 bits per heavy atom. The highest BCUT2D eigenvalue weighted by Gasteiger charge is 2.30. The summed E-state index contributed by atoms with van der Waals surface area (Å²) in [6.45, 7) is 4.80. The number of pyridine rings is 2. The number of carbonyl (C=O) groups excluding carboxylic acids is 2. The number of aromatic nitrogens is 3. The highest BCUT2D eigenvalue weighted by atomic mass is 16.2. The first-order valence-corrected chi connectivity index (χ1v) is 10.1. The van der Waals surface area contributed by atoms with Crippen molar-refractivity contribution in [2.24, 2.45) is 0 Å². The molecule has 8 heteroatoms. The standard InChI is InChI=1S/C22H26N6O2/c1-14(18-10-16-6-8-23-21(16)25-12-18)26-20-5-4-17(11-24-20)22(30)28-9-7-19(13-28)27(3)15(2)29/h4-6,8,10-12,14,19H,7,9,13H2,1-3H3,(H,23,25)(H,24,26)/t14-,19-/m0/s1. The maximum absolute atomic E-state index is 12.8. The minimum absolute atomic E-state index is 0.0198. The molecule has 0 spiro atoms. The number of nitrogens with one attached hydrogen (secondary N) is 2. The van der Waals surface area contributed by atoms with Gasteiger partial charge >= 0.3 is 0 Å². The molecule has 2 atom stereocenters. The average molecular weight is 406 g/mol. The van der Waals surface area contributed by atoms with Gasteiger partial charge in [-0.25, -0.2) is 9.97 Å². The molecule has 2 amide bonds. The molecule has 1 fully saturated rings. The summed E-state index contributed by atoms with van der Waals surface area (Å²) in [5.74, 6) is 0.666. The highest BCUT2D eigenvalue weighted by Crippen LogP contribution is 2.22. The first kappa shape index (κ1) is 19.9. The summed E-state index contributed by atoms with van der Waals surface area (Å²) < 4.78 is 0. The lowest BCUT2D eigenvalue weighted by molar-refractivity contribution is -0.129. The van der Waals surface area contributed by atoms with Crippen LogP contribution in [0.5, 0.6) is 0 Å².